The monoisotopic (exact) mass is 601 g/mol. The minimum Gasteiger partial charge on any atom is -0.363 e. The topological polar surface area (TPSA) is 85.5 Å². The van der Waals surface area contributed by atoms with E-state index in [0.29, 0.717) is 30.2 Å². The van der Waals surface area contributed by atoms with Gasteiger partial charge in [0.2, 0.25) is 11.8 Å². The molecule has 0 unspecified atom stereocenters. The van der Waals surface area contributed by atoms with Gasteiger partial charge in [-0.05, 0) is 86.3 Å². The van der Waals surface area contributed by atoms with Crippen molar-refractivity contribution in [2.24, 2.45) is 0 Å². The molecule has 2 fully saturated rings. The van der Waals surface area contributed by atoms with Crippen molar-refractivity contribution < 1.29 is 18.4 Å². The van der Waals surface area contributed by atoms with Gasteiger partial charge in [0.1, 0.15) is 0 Å². The predicted molar refractivity (Wildman–Crippen MR) is 169 cm³/mol. The maximum Gasteiger partial charge on any atom is 0.241 e. The third kappa shape index (κ3) is 8.68. The second kappa shape index (κ2) is 15.2. The predicted octanol–water partition coefficient (Wildman–Crippen LogP) is 4.78. The molecule has 3 aromatic carbocycles. The molecule has 2 amide bonds. The van der Waals surface area contributed by atoms with Gasteiger partial charge in [-0.1, -0.05) is 24.3 Å². The number of carbonyl (C=O) groups excluding carboxylic acids is 2. The van der Waals surface area contributed by atoms with Crippen molar-refractivity contribution in [3.05, 3.63) is 89.5 Å². The number of hydrogen-bond donors (Lipinski definition) is 4. The summed E-state index contributed by atoms with van der Waals surface area (Å²) in [5.41, 5.74) is 3.86. The van der Waals surface area contributed by atoms with Crippen LogP contribution in [0.4, 0.5) is 25.8 Å². The second-order valence-electron chi connectivity index (χ2n) is 10.1. The highest BCUT2D eigenvalue weighted by Crippen LogP contribution is 2.24. The first kappa shape index (κ1) is 32.4. The van der Waals surface area contributed by atoms with Crippen molar-refractivity contribution >= 4 is 55.9 Å². The zero-order valence-electron chi connectivity index (χ0n) is 22.7. The standard InChI is InChI=1S/C30H33F2N5O2.2H2S/c31-25-14-13-24(17-26(25)32)37(18-20-5-9-22(10-6-20)35-29(38)27-3-1-15-33-27)19-21-7-11-23(12-8-21)36-30(39)28-4-2-16-34-28;;/h5-14,17,27-28,33-34H,1-4,15-16,18-19H2,(H,35,38)(H,36,39);2*1H2/t27-,28-;;/m0../s1. The Morgan fingerprint density at radius 1 is 0.707 bits per heavy atom. The van der Waals surface area contributed by atoms with E-state index in [4.69, 9.17) is 0 Å². The number of rotatable bonds is 9. The van der Waals surface area contributed by atoms with Crippen molar-refractivity contribution in [3.8, 4) is 0 Å². The molecule has 0 bridgehead atoms. The zero-order chi connectivity index (χ0) is 27.2. The molecular weight excluding hydrogens is 564 g/mol. The van der Waals surface area contributed by atoms with Crippen molar-refractivity contribution in [3.63, 3.8) is 0 Å². The fourth-order valence-corrected chi connectivity index (χ4v) is 5.02. The number of benzene rings is 3. The average molecular weight is 602 g/mol. The number of carbonyl (C=O) groups is 2. The average Bonchev–Trinajstić information content (AvgIpc) is 3.67. The molecule has 0 aliphatic carbocycles. The molecular formula is C30H37F2N5O2S2. The lowest BCUT2D eigenvalue weighted by atomic mass is 10.1. The first-order chi connectivity index (χ1) is 18.9. The molecule has 0 radical (unpaired) electrons. The Kier molecular flexibility index (Phi) is 12.0. The Labute approximate surface area is 253 Å². The van der Waals surface area contributed by atoms with Crippen LogP contribution in [0, 0.1) is 11.6 Å². The molecule has 7 nitrogen and oxygen atoms in total. The van der Waals surface area contributed by atoms with Crippen molar-refractivity contribution in [1.29, 1.82) is 0 Å². The molecule has 3 aromatic rings. The lowest BCUT2D eigenvalue weighted by molar-refractivity contribution is -0.118. The lowest BCUT2D eigenvalue weighted by Crippen LogP contribution is -2.35. The van der Waals surface area contributed by atoms with Gasteiger partial charge in [-0.25, -0.2) is 8.78 Å². The summed E-state index contributed by atoms with van der Waals surface area (Å²) < 4.78 is 27.8. The Balaban J connectivity index is 0.00000231. The highest BCUT2D eigenvalue weighted by atomic mass is 32.1. The van der Waals surface area contributed by atoms with Crippen LogP contribution in [0.25, 0.3) is 0 Å². The molecule has 0 aromatic heterocycles. The number of anilines is 3. The van der Waals surface area contributed by atoms with Gasteiger partial charge in [-0.15, -0.1) is 0 Å². The minimum atomic E-state index is -0.908. The number of amides is 2. The van der Waals surface area contributed by atoms with Crippen molar-refractivity contribution in [2.75, 3.05) is 28.6 Å². The quantitative estimate of drug-likeness (QED) is 0.284. The summed E-state index contributed by atoms with van der Waals surface area (Å²) in [5.74, 6) is -1.88. The van der Waals surface area contributed by atoms with Crippen LogP contribution in [0.5, 0.6) is 0 Å². The molecule has 11 heteroatoms. The Morgan fingerprint density at radius 2 is 1.17 bits per heavy atom. The fourth-order valence-electron chi connectivity index (χ4n) is 5.02. The number of hydrogen-bond acceptors (Lipinski definition) is 5. The third-order valence-electron chi connectivity index (χ3n) is 7.21. The zero-order valence-corrected chi connectivity index (χ0v) is 24.7. The van der Waals surface area contributed by atoms with E-state index in [2.05, 4.69) is 21.3 Å². The molecule has 5 rings (SSSR count). The normalized spacial score (nSPS) is 17.7. The van der Waals surface area contributed by atoms with Crippen LogP contribution in [-0.2, 0) is 22.7 Å². The van der Waals surface area contributed by atoms with Gasteiger partial charge in [0.25, 0.3) is 0 Å². The summed E-state index contributed by atoms with van der Waals surface area (Å²) in [4.78, 5) is 26.8. The SMILES string of the molecule is O=C(Nc1ccc(CN(Cc2ccc(NC(=O)[C@@H]3CCCN3)cc2)c2ccc(F)c(F)c2)cc1)[C@@H]1CCCN1.S.S. The second-order valence-corrected chi connectivity index (χ2v) is 10.1. The summed E-state index contributed by atoms with van der Waals surface area (Å²) in [6.07, 6.45) is 3.65. The van der Waals surface area contributed by atoms with E-state index >= 15 is 0 Å². The van der Waals surface area contributed by atoms with Gasteiger partial charge >= 0.3 is 0 Å². The molecule has 0 saturated carbocycles. The first-order valence-corrected chi connectivity index (χ1v) is 13.4. The van der Waals surface area contributed by atoms with Gasteiger partial charge in [0.15, 0.2) is 11.6 Å². The lowest BCUT2D eigenvalue weighted by Gasteiger charge is -2.26. The van der Waals surface area contributed by atoms with Crippen LogP contribution in [-0.4, -0.2) is 37.0 Å². The van der Waals surface area contributed by atoms with E-state index in [0.717, 1.165) is 56.0 Å². The van der Waals surface area contributed by atoms with Crippen molar-refractivity contribution in [1.82, 2.24) is 10.6 Å². The van der Waals surface area contributed by atoms with E-state index in [-0.39, 0.29) is 50.9 Å². The maximum atomic E-state index is 14.1. The fraction of sp³-hybridized carbons (Fsp3) is 0.333. The van der Waals surface area contributed by atoms with Crippen LogP contribution in [0.2, 0.25) is 0 Å². The molecule has 2 atom stereocenters. The van der Waals surface area contributed by atoms with Crippen LogP contribution >= 0.6 is 27.0 Å². The van der Waals surface area contributed by atoms with Gasteiger partial charge < -0.3 is 26.2 Å². The van der Waals surface area contributed by atoms with Gasteiger partial charge in [-0.2, -0.15) is 27.0 Å². The van der Waals surface area contributed by atoms with Crippen LogP contribution in [0.3, 0.4) is 0 Å². The molecule has 4 N–H and O–H groups in total. The summed E-state index contributed by atoms with van der Waals surface area (Å²) in [7, 11) is 0. The van der Waals surface area contributed by atoms with E-state index < -0.39 is 11.6 Å². The number of nitrogens with zero attached hydrogens (tertiary/aromatic N) is 1. The molecule has 220 valence electrons. The highest BCUT2D eigenvalue weighted by Gasteiger charge is 2.23. The molecule has 2 aliphatic rings. The summed E-state index contributed by atoms with van der Waals surface area (Å²) >= 11 is 0. The molecule has 2 aliphatic heterocycles. The Morgan fingerprint density at radius 3 is 1.56 bits per heavy atom. The number of halogens is 2. The molecule has 2 saturated heterocycles. The summed E-state index contributed by atoms with van der Waals surface area (Å²) in [6, 6.07) is 18.6. The van der Waals surface area contributed by atoms with Gasteiger partial charge in [0.05, 0.1) is 12.1 Å². The summed E-state index contributed by atoms with van der Waals surface area (Å²) in [5, 5.41) is 12.3. The first-order valence-electron chi connectivity index (χ1n) is 13.4. The number of nitrogens with one attached hydrogen (secondary N) is 4. The van der Waals surface area contributed by atoms with Gasteiger partial charge in [-0.3, -0.25) is 9.59 Å². The highest BCUT2D eigenvalue weighted by molar-refractivity contribution is 7.59. The minimum absolute atomic E-state index is 0. The van der Waals surface area contributed by atoms with E-state index in [9.17, 15) is 18.4 Å². The Hall–Kier alpha value is -3.12. The Bertz CT molecular complexity index is 1220. The third-order valence-corrected chi connectivity index (χ3v) is 7.21. The van der Waals surface area contributed by atoms with E-state index in [1.807, 2.05) is 53.4 Å². The van der Waals surface area contributed by atoms with E-state index in [1.54, 1.807) is 6.07 Å². The maximum absolute atomic E-state index is 14.1. The molecule has 2 heterocycles. The van der Waals surface area contributed by atoms with Crippen LogP contribution < -0.4 is 26.2 Å². The van der Waals surface area contributed by atoms with Crippen LogP contribution in [0.15, 0.2) is 66.7 Å². The van der Waals surface area contributed by atoms with Crippen molar-refractivity contribution in [2.45, 2.75) is 50.9 Å². The summed E-state index contributed by atoms with van der Waals surface area (Å²) in [6.45, 7) is 2.59. The molecule has 0 spiro atoms. The smallest absolute Gasteiger partial charge is 0.241 e. The molecule has 41 heavy (non-hydrogen) atoms. The van der Waals surface area contributed by atoms with E-state index in [1.165, 1.54) is 6.07 Å². The largest absolute Gasteiger partial charge is 0.363 e. The van der Waals surface area contributed by atoms with Gasteiger partial charge in [0, 0.05) is 36.2 Å². The van der Waals surface area contributed by atoms with Crippen LogP contribution in [0.1, 0.15) is 36.8 Å².